The maximum absolute atomic E-state index is 13.1. The molecule has 0 unspecified atom stereocenters. The van der Waals surface area contributed by atoms with Crippen LogP contribution >= 0.6 is 0 Å². The van der Waals surface area contributed by atoms with Crippen LogP contribution in [0.2, 0.25) is 0 Å². The van der Waals surface area contributed by atoms with Crippen LogP contribution in [0.15, 0.2) is 79.8 Å². The monoisotopic (exact) mass is 470 g/mol. The zero-order valence-corrected chi connectivity index (χ0v) is 19.7. The Labute approximate surface area is 204 Å². The number of hydrogen-bond acceptors (Lipinski definition) is 4. The third kappa shape index (κ3) is 5.23. The Bertz CT molecular complexity index is 1360. The van der Waals surface area contributed by atoms with Gasteiger partial charge in [-0.15, -0.1) is 0 Å². The summed E-state index contributed by atoms with van der Waals surface area (Å²) in [6, 6.07) is 17.8. The molecule has 1 saturated heterocycles. The van der Waals surface area contributed by atoms with Gasteiger partial charge in [-0.1, -0.05) is 36.9 Å². The Hall–Kier alpha value is -3.64. The summed E-state index contributed by atoms with van der Waals surface area (Å²) < 4.78 is 26.2. The number of piperidine rings is 1. The van der Waals surface area contributed by atoms with E-state index in [2.05, 4.69) is 58.1 Å². The molecule has 5 rings (SSSR count). The number of hydrogen-bond donors (Lipinski definition) is 1. The van der Waals surface area contributed by atoms with Gasteiger partial charge < -0.3 is 10.2 Å². The zero-order chi connectivity index (χ0) is 24.4. The first-order chi connectivity index (χ1) is 17.0. The van der Waals surface area contributed by atoms with Crippen molar-refractivity contribution in [2.75, 3.05) is 25.5 Å². The van der Waals surface area contributed by atoms with Crippen molar-refractivity contribution in [3.63, 3.8) is 0 Å². The number of fused-ring (bicyclic) bond motifs is 1. The van der Waals surface area contributed by atoms with Crippen LogP contribution in [-0.2, 0) is 0 Å². The SMILES string of the molecule is C=C(Nc1cc2cc(-c3cncc(C(F)F)c3)ccc2cn1)c1cccc(C2CCN(C)CC2)c1. The van der Waals surface area contributed by atoms with E-state index in [1.807, 2.05) is 24.3 Å². The second kappa shape index (κ2) is 9.92. The number of benzene rings is 2. The molecule has 178 valence electrons. The molecule has 1 fully saturated rings. The van der Waals surface area contributed by atoms with E-state index in [1.54, 1.807) is 12.4 Å². The summed E-state index contributed by atoms with van der Waals surface area (Å²) in [7, 11) is 2.18. The first kappa shape index (κ1) is 23.1. The highest BCUT2D eigenvalue weighted by Crippen LogP contribution is 2.31. The first-order valence-electron chi connectivity index (χ1n) is 11.8. The minimum atomic E-state index is -2.55. The quantitative estimate of drug-likeness (QED) is 0.326. The third-order valence-electron chi connectivity index (χ3n) is 6.77. The van der Waals surface area contributed by atoms with Crippen LogP contribution in [0.3, 0.4) is 0 Å². The molecule has 1 N–H and O–H groups in total. The number of alkyl halides is 2. The van der Waals surface area contributed by atoms with Gasteiger partial charge >= 0.3 is 0 Å². The minimum Gasteiger partial charge on any atom is -0.340 e. The third-order valence-corrected chi connectivity index (χ3v) is 6.77. The predicted octanol–water partition coefficient (Wildman–Crippen LogP) is 7.13. The zero-order valence-electron chi connectivity index (χ0n) is 19.7. The van der Waals surface area contributed by atoms with Gasteiger partial charge in [0.1, 0.15) is 5.82 Å². The van der Waals surface area contributed by atoms with Gasteiger partial charge in [0.05, 0.1) is 0 Å². The number of nitrogens with one attached hydrogen (secondary N) is 1. The highest BCUT2D eigenvalue weighted by molar-refractivity contribution is 5.89. The lowest BCUT2D eigenvalue weighted by Gasteiger charge is -2.29. The first-order valence-corrected chi connectivity index (χ1v) is 11.8. The topological polar surface area (TPSA) is 41.1 Å². The Kier molecular flexibility index (Phi) is 6.55. The molecular formula is C29H28F2N4. The summed E-state index contributed by atoms with van der Waals surface area (Å²) in [5.74, 6) is 1.26. The minimum absolute atomic E-state index is 0.0848. The summed E-state index contributed by atoms with van der Waals surface area (Å²) in [5.41, 5.74) is 4.59. The van der Waals surface area contributed by atoms with Crippen LogP contribution in [0, 0.1) is 0 Å². The highest BCUT2D eigenvalue weighted by Gasteiger charge is 2.18. The van der Waals surface area contributed by atoms with Crippen molar-refractivity contribution in [3.05, 3.63) is 96.5 Å². The van der Waals surface area contributed by atoms with Gasteiger partial charge in [-0.2, -0.15) is 0 Å². The van der Waals surface area contributed by atoms with Crippen LogP contribution in [0.5, 0.6) is 0 Å². The summed E-state index contributed by atoms with van der Waals surface area (Å²) >= 11 is 0. The van der Waals surface area contributed by atoms with Crippen LogP contribution < -0.4 is 5.32 Å². The Morgan fingerprint density at radius 2 is 1.80 bits per heavy atom. The van der Waals surface area contributed by atoms with Crippen molar-refractivity contribution in [3.8, 4) is 11.1 Å². The second-order valence-corrected chi connectivity index (χ2v) is 9.25. The van der Waals surface area contributed by atoms with E-state index in [0.717, 1.165) is 40.7 Å². The van der Waals surface area contributed by atoms with Gasteiger partial charge in [0, 0.05) is 40.8 Å². The molecule has 0 amide bonds. The van der Waals surface area contributed by atoms with Gasteiger partial charge in [-0.3, -0.25) is 4.98 Å². The van der Waals surface area contributed by atoms with Crippen LogP contribution in [-0.4, -0.2) is 35.0 Å². The molecular weight excluding hydrogens is 442 g/mol. The van der Waals surface area contributed by atoms with E-state index < -0.39 is 6.43 Å². The summed E-state index contributed by atoms with van der Waals surface area (Å²) in [4.78, 5) is 10.9. The van der Waals surface area contributed by atoms with Crippen LogP contribution in [0.1, 0.15) is 41.9 Å². The molecule has 2 aromatic heterocycles. The number of anilines is 1. The van der Waals surface area contributed by atoms with Crippen molar-refractivity contribution in [1.29, 1.82) is 0 Å². The van der Waals surface area contributed by atoms with E-state index in [9.17, 15) is 8.78 Å². The lowest BCUT2D eigenvalue weighted by atomic mass is 9.88. The summed E-state index contributed by atoms with van der Waals surface area (Å²) in [6.07, 6.45) is 4.40. The Balaban J connectivity index is 1.36. The van der Waals surface area contributed by atoms with Crippen molar-refractivity contribution in [2.24, 2.45) is 0 Å². The van der Waals surface area contributed by atoms with Crippen molar-refractivity contribution in [1.82, 2.24) is 14.9 Å². The molecule has 1 aliphatic rings. The Morgan fingerprint density at radius 3 is 2.60 bits per heavy atom. The molecule has 0 radical (unpaired) electrons. The van der Waals surface area contributed by atoms with E-state index >= 15 is 0 Å². The molecule has 0 bridgehead atoms. The largest absolute Gasteiger partial charge is 0.340 e. The number of halogens is 2. The summed E-state index contributed by atoms with van der Waals surface area (Å²) in [5, 5.41) is 5.26. The van der Waals surface area contributed by atoms with Gasteiger partial charge in [-0.05, 0) is 85.2 Å². The maximum Gasteiger partial charge on any atom is 0.265 e. The molecule has 35 heavy (non-hydrogen) atoms. The van der Waals surface area contributed by atoms with Crippen LogP contribution in [0.4, 0.5) is 14.6 Å². The number of pyridine rings is 2. The Morgan fingerprint density at radius 1 is 0.971 bits per heavy atom. The molecule has 0 spiro atoms. The molecule has 4 aromatic rings. The predicted molar refractivity (Wildman–Crippen MR) is 139 cm³/mol. The number of likely N-dealkylation sites (tertiary alicyclic amines) is 1. The lowest BCUT2D eigenvalue weighted by Crippen LogP contribution is -2.29. The van der Waals surface area contributed by atoms with E-state index in [-0.39, 0.29) is 5.56 Å². The smallest absolute Gasteiger partial charge is 0.265 e. The molecule has 2 aromatic carbocycles. The second-order valence-electron chi connectivity index (χ2n) is 9.25. The molecule has 3 heterocycles. The van der Waals surface area contributed by atoms with Gasteiger partial charge in [0.15, 0.2) is 0 Å². The number of nitrogens with zero attached hydrogens (tertiary/aromatic N) is 3. The lowest BCUT2D eigenvalue weighted by molar-refractivity contribution is 0.151. The highest BCUT2D eigenvalue weighted by atomic mass is 19.3. The molecule has 0 aliphatic carbocycles. The summed E-state index contributed by atoms with van der Waals surface area (Å²) in [6.45, 7) is 6.50. The molecule has 0 saturated carbocycles. The van der Waals surface area contributed by atoms with E-state index in [0.29, 0.717) is 17.3 Å². The van der Waals surface area contributed by atoms with Crippen molar-refractivity contribution >= 4 is 22.3 Å². The van der Waals surface area contributed by atoms with Gasteiger partial charge in [-0.25, -0.2) is 13.8 Å². The van der Waals surface area contributed by atoms with Gasteiger partial charge in [0.2, 0.25) is 0 Å². The average molecular weight is 471 g/mol. The fraction of sp³-hybridized carbons (Fsp3) is 0.241. The molecule has 0 atom stereocenters. The molecule has 4 nitrogen and oxygen atoms in total. The fourth-order valence-corrected chi connectivity index (χ4v) is 4.67. The van der Waals surface area contributed by atoms with E-state index in [1.165, 1.54) is 30.7 Å². The molecule has 6 heteroatoms. The van der Waals surface area contributed by atoms with Crippen molar-refractivity contribution < 1.29 is 8.78 Å². The van der Waals surface area contributed by atoms with Gasteiger partial charge in [0.25, 0.3) is 6.43 Å². The number of aromatic nitrogens is 2. The normalized spacial score (nSPS) is 15.0. The maximum atomic E-state index is 13.1. The number of rotatable bonds is 6. The average Bonchev–Trinajstić information content (AvgIpc) is 2.89. The van der Waals surface area contributed by atoms with Crippen LogP contribution in [0.25, 0.3) is 27.6 Å². The standard InChI is InChI=1S/C29H28F2N4/c1-19(21-4-3-5-22(12-21)20-8-10-35(2)11-9-20)34-28-15-25-13-23(6-7-24(25)18-33-28)26-14-27(29(30)31)17-32-16-26/h3-7,12-18,20,29H,1,8-11H2,2H3,(H,33,34). The van der Waals surface area contributed by atoms with E-state index in [4.69, 9.17) is 0 Å². The van der Waals surface area contributed by atoms with Crippen molar-refractivity contribution in [2.45, 2.75) is 25.2 Å². The fourth-order valence-electron chi connectivity index (χ4n) is 4.67. The molecule has 1 aliphatic heterocycles.